The molecule has 1 saturated heterocycles. The van der Waals surface area contributed by atoms with Gasteiger partial charge in [0.25, 0.3) is 11.7 Å². The molecule has 1 fully saturated rings. The van der Waals surface area contributed by atoms with Gasteiger partial charge in [0.2, 0.25) is 0 Å². The van der Waals surface area contributed by atoms with Crippen LogP contribution in [0.15, 0.2) is 48.0 Å². The first-order valence-electron chi connectivity index (χ1n) is 12.7. The number of rotatable bonds is 12. The number of likely N-dealkylation sites (tertiary alicyclic amines) is 1. The number of carbonyl (C=O) groups is 2. The average molecular weight is 495 g/mol. The maximum Gasteiger partial charge on any atom is 0.295 e. The second-order valence-corrected chi connectivity index (χ2v) is 9.33. The highest BCUT2D eigenvalue weighted by molar-refractivity contribution is 6.46. The van der Waals surface area contributed by atoms with Crippen LogP contribution in [0.25, 0.3) is 5.76 Å². The predicted octanol–water partition coefficient (Wildman–Crippen LogP) is 4.95. The van der Waals surface area contributed by atoms with Gasteiger partial charge in [-0.1, -0.05) is 31.9 Å². The number of benzene rings is 2. The number of nitrogens with zero attached hydrogens (tertiary/aromatic N) is 2. The van der Waals surface area contributed by atoms with Gasteiger partial charge in [0.1, 0.15) is 17.3 Å². The van der Waals surface area contributed by atoms with Crippen LogP contribution in [0.3, 0.4) is 0 Å². The summed E-state index contributed by atoms with van der Waals surface area (Å²) in [4.78, 5) is 29.9. The third kappa shape index (κ3) is 6.26. The Kier molecular flexibility index (Phi) is 9.53. The number of ether oxygens (including phenoxy) is 2. The summed E-state index contributed by atoms with van der Waals surface area (Å²) in [6.07, 6.45) is 3.23. The van der Waals surface area contributed by atoms with Gasteiger partial charge in [-0.05, 0) is 75.8 Å². The monoisotopic (exact) mass is 494 g/mol. The van der Waals surface area contributed by atoms with Gasteiger partial charge < -0.3 is 24.4 Å². The van der Waals surface area contributed by atoms with E-state index >= 15 is 0 Å². The van der Waals surface area contributed by atoms with Crippen molar-refractivity contribution in [1.29, 1.82) is 0 Å². The van der Waals surface area contributed by atoms with Crippen LogP contribution in [0.4, 0.5) is 0 Å². The minimum Gasteiger partial charge on any atom is -0.507 e. The van der Waals surface area contributed by atoms with Crippen LogP contribution >= 0.6 is 0 Å². The van der Waals surface area contributed by atoms with Crippen molar-refractivity contribution in [2.75, 3.05) is 40.4 Å². The normalized spacial score (nSPS) is 17.2. The number of hydrogen-bond acceptors (Lipinski definition) is 6. The highest BCUT2D eigenvalue weighted by atomic mass is 16.5. The van der Waals surface area contributed by atoms with E-state index in [0.717, 1.165) is 36.1 Å². The van der Waals surface area contributed by atoms with E-state index in [2.05, 4.69) is 6.92 Å². The molecule has 1 aliphatic rings. The van der Waals surface area contributed by atoms with E-state index in [1.54, 1.807) is 17.0 Å². The lowest BCUT2D eigenvalue weighted by Gasteiger charge is -2.27. The van der Waals surface area contributed by atoms with Crippen molar-refractivity contribution in [2.45, 2.75) is 46.1 Å². The van der Waals surface area contributed by atoms with E-state index < -0.39 is 17.7 Å². The molecule has 1 aliphatic heterocycles. The predicted molar refractivity (Wildman–Crippen MR) is 141 cm³/mol. The Morgan fingerprint density at radius 2 is 1.69 bits per heavy atom. The van der Waals surface area contributed by atoms with E-state index in [4.69, 9.17) is 9.47 Å². The molecule has 7 heteroatoms. The summed E-state index contributed by atoms with van der Waals surface area (Å²) in [7, 11) is 3.83. The minimum absolute atomic E-state index is 0.0997. The topological polar surface area (TPSA) is 79.3 Å². The van der Waals surface area contributed by atoms with Gasteiger partial charge in [-0.2, -0.15) is 0 Å². The molecule has 1 N–H and O–H groups in total. The SMILES string of the molecule is CCCCCOc1ccc(C2/C(=C(\O)c3ccc(OCC)cc3C)C(=O)C(=O)N2CCN(C)C)cc1. The Labute approximate surface area is 214 Å². The van der Waals surface area contributed by atoms with Gasteiger partial charge in [0.15, 0.2) is 0 Å². The molecule has 1 unspecified atom stereocenters. The number of aryl methyl sites for hydroxylation is 1. The largest absolute Gasteiger partial charge is 0.507 e. The Morgan fingerprint density at radius 1 is 1.00 bits per heavy atom. The molecule has 3 rings (SSSR count). The second kappa shape index (κ2) is 12.6. The van der Waals surface area contributed by atoms with E-state index in [1.807, 2.05) is 63.2 Å². The fourth-order valence-electron chi connectivity index (χ4n) is 4.36. The first-order valence-corrected chi connectivity index (χ1v) is 12.7. The third-order valence-electron chi connectivity index (χ3n) is 6.30. The summed E-state index contributed by atoms with van der Waals surface area (Å²) in [5.74, 6) is -0.0334. The lowest BCUT2D eigenvalue weighted by molar-refractivity contribution is -0.140. The molecule has 0 aliphatic carbocycles. The molecule has 1 amide bonds. The van der Waals surface area contributed by atoms with Crippen LogP contribution in [0.2, 0.25) is 0 Å². The molecule has 2 aromatic carbocycles. The zero-order chi connectivity index (χ0) is 26.2. The molecule has 0 aromatic heterocycles. The van der Waals surface area contributed by atoms with Crippen molar-refractivity contribution < 1.29 is 24.2 Å². The Bertz CT molecular complexity index is 1090. The number of hydrogen-bond donors (Lipinski definition) is 1. The van der Waals surface area contributed by atoms with Crippen LogP contribution in [0, 0.1) is 6.92 Å². The fourth-order valence-corrected chi connectivity index (χ4v) is 4.36. The van der Waals surface area contributed by atoms with Gasteiger partial charge in [-0.15, -0.1) is 0 Å². The Hall–Kier alpha value is -3.32. The maximum atomic E-state index is 13.2. The molecule has 0 saturated carbocycles. The highest BCUT2D eigenvalue weighted by Crippen LogP contribution is 2.40. The number of ketones is 1. The van der Waals surface area contributed by atoms with Crippen molar-refractivity contribution in [3.05, 3.63) is 64.7 Å². The van der Waals surface area contributed by atoms with E-state index in [9.17, 15) is 14.7 Å². The molecule has 194 valence electrons. The van der Waals surface area contributed by atoms with Crippen molar-refractivity contribution >= 4 is 17.4 Å². The molecular formula is C29H38N2O5. The first kappa shape index (κ1) is 27.3. The maximum absolute atomic E-state index is 13.2. The highest BCUT2D eigenvalue weighted by Gasteiger charge is 2.46. The molecular weight excluding hydrogens is 456 g/mol. The van der Waals surface area contributed by atoms with Crippen molar-refractivity contribution in [1.82, 2.24) is 9.80 Å². The number of aliphatic hydroxyl groups is 1. The number of unbranched alkanes of at least 4 members (excludes halogenated alkanes) is 2. The zero-order valence-corrected chi connectivity index (χ0v) is 22.0. The summed E-state index contributed by atoms with van der Waals surface area (Å²) >= 11 is 0. The number of Topliss-reactive ketones (excluding diaryl/α,β-unsaturated/α-hetero) is 1. The second-order valence-electron chi connectivity index (χ2n) is 9.33. The standard InChI is InChI=1S/C29H38N2O5/c1-6-8-9-18-36-22-12-10-21(11-13-22)26-25(28(33)29(34)31(26)17-16-30(4)5)27(32)24-15-14-23(35-7-2)19-20(24)3/h10-15,19,26,32H,6-9,16-18H2,1-5H3/b27-25+. The van der Waals surface area contributed by atoms with Crippen LogP contribution in [0.5, 0.6) is 11.5 Å². The molecule has 36 heavy (non-hydrogen) atoms. The van der Waals surface area contributed by atoms with Crippen LogP contribution < -0.4 is 9.47 Å². The van der Waals surface area contributed by atoms with Crippen LogP contribution in [-0.2, 0) is 9.59 Å². The van der Waals surface area contributed by atoms with E-state index in [1.165, 1.54) is 0 Å². The summed E-state index contributed by atoms with van der Waals surface area (Å²) in [5, 5.41) is 11.4. The molecule has 0 spiro atoms. The molecule has 1 heterocycles. The number of amides is 1. The third-order valence-corrected chi connectivity index (χ3v) is 6.30. The first-order chi connectivity index (χ1) is 17.3. The fraction of sp³-hybridized carbons (Fsp3) is 0.448. The number of aliphatic hydroxyl groups excluding tert-OH is 1. The number of carbonyl (C=O) groups excluding carboxylic acids is 2. The summed E-state index contributed by atoms with van der Waals surface area (Å²) in [5.41, 5.74) is 2.11. The van der Waals surface area contributed by atoms with Crippen molar-refractivity contribution in [2.24, 2.45) is 0 Å². The summed E-state index contributed by atoms with van der Waals surface area (Å²) in [6, 6.07) is 12.1. The quantitative estimate of drug-likeness (QED) is 0.195. The summed E-state index contributed by atoms with van der Waals surface area (Å²) < 4.78 is 11.4. The Balaban J connectivity index is 2.01. The minimum atomic E-state index is -0.690. The lowest BCUT2D eigenvalue weighted by atomic mass is 9.94. The van der Waals surface area contributed by atoms with Gasteiger partial charge >= 0.3 is 0 Å². The number of likely N-dealkylation sites (N-methyl/N-ethyl adjacent to an activating group) is 1. The molecule has 2 aromatic rings. The van der Waals surface area contributed by atoms with Crippen LogP contribution in [0.1, 0.15) is 55.8 Å². The molecule has 0 bridgehead atoms. The van der Waals surface area contributed by atoms with Crippen molar-refractivity contribution in [3.63, 3.8) is 0 Å². The van der Waals surface area contributed by atoms with E-state index in [0.29, 0.717) is 37.6 Å². The average Bonchev–Trinajstić information content (AvgIpc) is 3.10. The van der Waals surface area contributed by atoms with E-state index in [-0.39, 0.29) is 11.3 Å². The smallest absolute Gasteiger partial charge is 0.295 e. The zero-order valence-electron chi connectivity index (χ0n) is 22.0. The van der Waals surface area contributed by atoms with Gasteiger partial charge in [-0.3, -0.25) is 9.59 Å². The lowest BCUT2D eigenvalue weighted by Crippen LogP contribution is -2.35. The van der Waals surface area contributed by atoms with Gasteiger partial charge in [0, 0.05) is 18.7 Å². The van der Waals surface area contributed by atoms with Crippen LogP contribution in [-0.4, -0.2) is 67.0 Å². The molecule has 0 radical (unpaired) electrons. The Morgan fingerprint density at radius 3 is 2.31 bits per heavy atom. The molecule has 7 nitrogen and oxygen atoms in total. The van der Waals surface area contributed by atoms with Gasteiger partial charge in [-0.25, -0.2) is 0 Å². The van der Waals surface area contributed by atoms with Gasteiger partial charge in [0.05, 0.1) is 24.8 Å². The molecule has 1 atom stereocenters. The summed E-state index contributed by atoms with van der Waals surface area (Å²) in [6.45, 7) is 8.02. The van der Waals surface area contributed by atoms with Crippen molar-refractivity contribution in [3.8, 4) is 11.5 Å².